The molecule has 0 heterocycles. The van der Waals surface area contributed by atoms with Crippen LogP contribution in [0, 0.1) is 10.1 Å². The van der Waals surface area contributed by atoms with E-state index in [4.69, 9.17) is 11.6 Å². The van der Waals surface area contributed by atoms with Crippen LogP contribution in [0.25, 0.3) is 0 Å². The van der Waals surface area contributed by atoms with E-state index in [-0.39, 0.29) is 28.3 Å². The number of halogens is 1. The zero-order valence-electron chi connectivity index (χ0n) is 11.1. The summed E-state index contributed by atoms with van der Waals surface area (Å²) in [5.74, 6) is -0.0788. The van der Waals surface area contributed by atoms with Gasteiger partial charge in [-0.05, 0) is 25.1 Å². The van der Waals surface area contributed by atoms with E-state index < -0.39 is 4.92 Å². The van der Waals surface area contributed by atoms with Crippen molar-refractivity contribution in [2.45, 2.75) is 13.0 Å². The highest BCUT2D eigenvalue weighted by atomic mass is 35.5. The van der Waals surface area contributed by atoms with E-state index >= 15 is 0 Å². The molecule has 3 N–H and O–H groups in total. The van der Waals surface area contributed by atoms with Gasteiger partial charge < -0.3 is 15.5 Å². The topological polar surface area (TPSA) is 95.6 Å². The highest BCUT2D eigenvalue weighted by Gasteiger charge is 2.14. The minimum atomic E-state index is -0.523. The molecule has 6 nitrogen and oxygen atoms in total. The van der Waals surface area contributed by atoms with Gasteiger partial charge in [0, 0.05) is 23.8 Å². The van der Waals surface area contributed by atoms with Gasteiger partial charge in [-0.1, -0.05) is 11.6 Å². The average Bonchev–Trinajstić information content (AvgIpc) is 2.40. The number of nitro benzene ring substituents is 1. The Bertz CT molecular complexity index is 691. The van der Waals surface area contributed by atoms with Crippen molar-refractivity contribution in [1.82, 2.24) is 0 Å². The van der Waals surface area contributed by atoms with Crippen LogP contribution in [0.5, 0.6) is 11.5 Å². The number of phenols is 2. The van der Waals surface area contributed by atoms with E-state index in [0.29, 0.717) is 11.3 Å². The molecule has 0 saturated carbocycles. The highest BCUT2D eigenvalue weighted by molar-refractivity contribution is 6.33. The number of hydrogen-bond acceptors (Lipinski definition) is 5. The summed E-state index contributed by atoms with van der Waals surface area (Å²) in [5, 5.41) is 33.0. The van der Waals surface area contributed by atoms with Crippen molar-refractivity contribution in [3.05, 3.63) is 57.1 Å². The molecule has 2 aromatic rings. The molecule has 1 unspecified atom stereocenters. The lowest BCUT2D eigenvalue weighted by Crippen LogP contribution is -2.07. The van der Waals surface area contributed by atoms with Crippen molar-refractivity contribution in [2.24, 2.45) is 0 Å². The Hall–Kier alpha value is -2.47. The molecular formula is C14H13ClN2O4. The first kappa shape index (κ1) is 14.9. The van der Waals surface area contributed by atoms with Crippen LogP contribution in [0.2, 0.25) is 5.02 Å². The summed E-state index contributed by atoms with van der Waals surface area (Å²) in [5.41, 5.74) is 0.996. The quantitative estimate of drug-likeness (QED) is 0.589. The van der Waals surface area contributed by atoms with Gasteiger partial charge in [-0.15, -0.1) is 0 Å². The predicted octanol–water partition coefficient (Wildman–Crippen LogP) is 3.83. The number of aromatic hydroxyl groups is 2. The average molecular weight is 309 g/mol. The Morgan fingerprint density at radius 2 is 1.95 bits per heavy atom. The molecule has 0 aliphatic carbocycles. The van der Waals surface area contributed by atoms with Crippen LogP contribution >= 0.6 is 11.6 Å². The largest absolute Gasteiger partial charge is 0.508 e. The molecule has 7 heteroatoms. The Balaban J connectivity index is 2.23. The van der Waals surface area contributed by atoms with Crippen molar-refractivity contribution >= 4 is 23.0 Å². The normalized spacial score (nSPS) is 11.9. The van der Waals surface area contributed by atoms with Crippen molar-refractivity contribution in [1.29, 1.82) is 0 Å². The number of hydrogen-bond donors (Lipinski definition) is 3. The lowest BCUT2D eigenvalue weighted by molar-refractivity contribution is -0.384. The van der Waals surface area contributed by atoms with Gasteiger partial charge in [0.1, 0.15) is 11.5 Å². The number of non-ortho nitro benzene ring substituents is 1. The van der Waals surface area contributed by atoms with Crippen molar-refractivity contribution in [3.8, 4) is 11.5 Å². The van der Waals surface area contributed by atoms with E-state index in [1.54, 1.807) is 13.0 Å². The molecular weight excluding hydrogens is 296 g/mol. The summed E-state index contributed by atoms with van der Waals surface area (Å²) in [7, 11) is 0. The number of rotatable bonds is 4. The lowest BCUT2D eigenvalue weighted by Gasteiger charge is -2.17. The third kappa shape index (κ3) is 3.35. The second-order valence-corrected chi connectivity index (χ2v) is 4.94. The van der Waals surface area contributed by atoms with Crippen LogP contribution in [-0.4, -0.2) is 15.1 Å². The minimum absolute atomic E-state index is 0.0307. The van der Waals surface area contributed by atoms with E-state index in [0.717, 1.165) is 0 Å². The van der Waals surface area contributed by atoms with Gasteiger partial charge in [0.25, 0.3) is 5.69 Å². The molecule has 0 amide bonds. The maximum atomic E-state index is 10.7. The molecule has 0 saturated heterocycles. The maximum absolute atomic E-state index is 10.7. The molecule has 2 rings (SSSR count). The second kappa shape index (κ2) is 5.88. The number of nitrogens with zero attached hydrogens (tertiary/aromatic N) is 1. The standard InChI is InChI=1S/C14H13ClN2O4/c1-8(11-4-3-10(18)7-14(11)19)16-13-5-2-9(17(20)21)6-12(13)15/h2-8,16,18-19H,1H3. The molecule has 21 heavy (non-hydrogen) atoms. The van der Waals surface area contributed by atoms with Gasteiger partial charge >= 0.3 is 0 Å². The number of phenolic OH excluding ortho intramolecular Hbond substituents is 2. The molecule has 0 fully saturated rings. The Labute approximate surface area is 125 Å². The van der Waals surface area contributed by atoms with Gasteiger partial charge in [-0.2, -0.15) is 0 Å². The Morgan fingerprint density at radius 1 is 1.24 bits per heavy atom. The van der Waals surface area contributed by atoms with Crippen LogP contribution in [0.15, 0.2) is 36.4 Å². The first-order valence-corrected chi connectivity index (χ1v) is 6.48. The number of anilines is 1. The fourth-order valence-corrected chi connectivity index (χ4v) is 2.17. The molecule has 0 aliphatic heterocycles. The number of nitro groups is 1. The van der Waals surface area contributed by atoms with E-state index in [1.807, 2.05) is 0 Å². The zero-order chi connectivity index (χ0) is 15.6. The van der Waals surface area contributed by atoms with Crippen LogP contribution in [0.3, 0.4) is 0 Å². The summed E-state index contributed by atoms with van der Waals surface area (Å²) in [6.07, 6.45) is 0. The third-order valence-corrected chi connectivity index (χ3v) is 3.33. The molecule has 0 radical (unpaired) electrons. The van der Waals surface area contributed by atoms with Gasteiger partial charge in [0.05, 0.1) is 21.7 Å². The van der Waals surface area contributed by atoms with Gasteiger partial charge in [-0.3, -0.25) is 10.1 Å². The molecule has 2 aromatic carbocycles. The van der Waals surface area contributed by atoms with E-state index in [2.05, 4.69) is 5.32 Å². The van der Waals surface area contributed by atoms with Gasteiger partial charge in [0.15, 0.2) is 0 Å². The van der Waals surface area contributed by atoms with Gasteiger partial charge in [0.2, 0.25) is 0 Å². The zero-order valence-corrected chi connectivity index (χ0v) is 11.8. The summed E-state index contributed by atoms with van der Waals surface area (Å²) in [6.45, 7) is 1.80. The SMILES string of the molecule is CC(Nc1ccc([N+](=O)[O-])cc1Cl)c1ccc(O)cc1O. The number of benzene rings is 2. The summed E-state index contributed by atoms with van der Waals surface area (Å²) in [4.78, 5) is 10.1. The minimum Gasteiger partial charge on any atom is -0.508 e. The van der Waals surface area contributed by atoms with Crippen LogP contribution in [0.1, 0.15) is 18.5 Å². The van der Waals surface area contributed by atoms with Crippen LogP contribution < -0.4 is 5.32 Å². The van der Waals surface area contributed by atoms with E-state index in [1.165, 1.54) is 30.3 Å². The van der Waals surface area contributed by atoms with Gasteiger partial charge in [-0.25, -0.2) is 0 Å². The predicted molar refractivity (Wildman–Crippen MR) is 79.9 cm³/mol. The summed E-state index contributed by atoms with van der Waals surface area (Å²) < 4.78 is 0. The Kier molecular flexibility index (Phi) is 4.18. The van der Waals surface area contributed by atoms with E-state index in [9.17, 15) is 20.3 Å². The fourth-order valence-electron chi connectivity index (χ4n) is 1.94. The number of nitrogens with one attached hydrogen (secondary N) is 1. The van der Waals surface area contributed by atoms with Crippen molar-refractivity contribution < 1.29 is 15.1 Å². The molecule has 0 spiro atoms. The molecule has 110 valence electrons. The highest BCUT2D eigenvalue weighted by Crippen LogP contribution is 2.33. The van der Waals surface area contributed by atoms with Crippen molar-refractivity contribution in [3.63, 3.8) is 0 Å². The fraction of sp³-hybridized carbons (Fsp3) is 0.143. The Morgan fingerprint density at radius 3 is 2.52 bits per heavy atom. The first-order valence-electron chi connectivity index (χ1n) is 6.11. The monoisotopic (exact) mass is 308 g/mol. The molecule has 0 aromatic heterocycles. The van der Waals surface area contributed by atoms with Crippen LogP contribution in [-0.2, 0) is 0 Å². The first-order chi connectivity index (χ1) is 9.88. The third-order valence-electron chi connectivity index (χ3n) is 3.02. The smallest absolute Gasteiger partial charge is 0.271 e. The lowest BCUT2D eigenvalue weighted by atomic mass is 10.1. The second-order valence-electron chi connectivity index (χ2n) is 4.53. The maximum Gasteiger partial charge on any atom is 0.271 e. The molecule has 0 aliphatic rings. The van der Waals surface area contributed by atoms with Crippen molar-refractivity contribution in [2.75, 3.05) is 5.32 Å². The molecule has 0 bridgehead atoms. The summed E-state index contributed by atoms with van der Waals surface area (Å²) >= 11 is 6.00. The molecule has 1 atom stereocenters. The van der Waals surface area contributed by atoms with Crippen LogP contribution in [0.4, 0.5) is 11.4 Å². The summed E-state index contributed by atoms with van der Waals surface area (Å²) in [6, 6.07) is 8.10.